The van der Waals surface area contributed by atoms with Crippen molar-refractivity contribution >= 4 is 27.3 Å². The Hall–Kier alpha value is -2.00. The van der Waals surface area contributed by atoms with Crippen molar-refractivity contribution in [3.8, 4) is 0 Å². The molecule has 1 heterocycles. The molecule has 0 unspecified atom stereocenters. The highest BCUT2D eigenvalue weighted by Gasteiger charge is 2.42. The van der Waals surface area contributed by atoms with Crippen LogP contribution in [-0.4, -0.2) is 37.3 Å². The summed E-state index contributed by atoms with van der Waals surface area (Å²) >= 11 is 6.03. The van der Waals surface area contributed by atoms with E-state index in [1.54, 1.807) is 0 Å². The fraction of sp³-hybridized carbons (Fsp3) is 0.294. The molecule has 1 aliphatic rings. The smallest absolute Gasteiger partial charge is 0.290 e. The molecule has 26 heavy (non-hydrogen) atoms. The Morgan fingerprint density at radius 3 is 2.46 bits per heavy atom. The summed E-state index contributed by atoms with van der Waals surface area (Å²) in [6, 6.07) is 13.4. The summed E-state index contributed by atoms with van der Waals surface area (Å²) in [7, 11) is -4.12. The third-order valence-electron chi connectivity index (χ3n) is 4.68. The molecule has 3 rings (SSSR count). The minimum absolute atomic E-state index is 0.0717. The standard InChI is InChI=1S/C17H18ClN3O4S/c18-15-7-4-8-16(21(22)23)17(15)26(24,25)20-10-13(9-19)14(11-20)12-5-2-1-3-6-12/h1-8,13-14H,9-11,19H2/t13-,14+/m1/s1. The molecule has 1 saturated heterocycles. The average molecular weight is 396 g/mol. The van der Waals surface area contributed by atoms with E-state index >= 15 is 0 Å². The quantitative estimate of drug-likeness (QED) is 0.618. The van der Waals surface area contributed by atoms with E-state index < -0.39 is 25.5 Å². The molecule has 0 saturated carbocycles. The lowest BCUT2D eigenvalue weighted by atomic mass is 9.89. The number of nitro groups is 1. The Morgan fingerprint density at radius 2 is 1.85 bits per heavy atom. The molecule has 2 atom stereocenters. The van der Waals surface area contributed by atoms with Crippen molar-refractivity contribution in [3.63, 3.8) is 0 Å². The van der Waals surface area contributed by atoms with Gasteiger partial charge in [-0.05, 0) is 24.1 Å². The minimum atomic E-state index is -4.12. The number of halogens is 1. The second kappa shape index (κ2) is 7.32. The summed E-state index contributed by atoms with van der Waals surface area (Å²) in [4.78, 5) is 10.1. The molecule has 0 amide bonds. The highest BCUT2D eigenvalue weighted by atomic mass is 35.5. The zero-order valence-corrected chi connectivity index (χ0v) is 15.4. The van der Waals surface area contributed by atoms with Crippen LogP contribution in [0.4, 0.5) is 5.69 Å². The zero-order chi connectivity index (χ0) is 18.9. The van der Waals surface area contributed by atoms with Gasteiger partial charge in [-0.15, -0.1) is 0 Å². The fourth-order valence-corrected chi connectivity index (χ4v) is 5.56. The molecule has 0 bridgehead atoms. The summed E-state index contributed by atoms with van der Waals surface area (Å²) < 4.78 is 27.5. The summed E-state index contributed by atoms with van der Waals surface area (Å²) in [6.07, 6.45) is 0. The van der Waals surface area contributed by atoms with Gasteiger partial charge in [0.2, 0.25) is 0 Å². The fourth-order valence-electron chi connectivity index (χ4n) is 3.37. The van der Waals surface area contributed by atoms with Crippen molar-refractivity contribution in [2.24, 2.45) is 11.7 Å². The van der Waals surface area contributed by atoms with Gasteiger partial charge in [-0.1, -0.05) is 48.0 Å². The number of rotatable bonds is 5. The highest BCUT2D eigenvalue weighted by Crippen LogP contribution is 2.39. The first kappa shape index (κ1) is 18.8. The normalized spacial score (nSPS) is 21.0. The Bertz CT molecular complexity index is 921. The molecular formula is C17H18ClN3O4S. The highest BCUT2D eigenvalue weighted by molar-refractivity contribution is 7.89. The van der Waals surface area contributed by atoms with Gasteiger partial charge >= 0.3 is 0 Å². The van der Waals surface area contributed by atoms with Crippen molar-refractivity contribution in [1.82, 2.24) is 4.31 Å². The van der Waals surface area contributed by atoms with Gasteiger partial charge in [0.25, 0.3) is 15.7 Å². The van der Waals surface area contributed by atoms with Crippen LogP contribution in [0.3, 0.4) is 0 Å². The summed E-state index contributed by atoms with van der Waals surface area (Å²) in [5.74, 6) is -0.147. The summed E-state index contributed by atoms with van der Waals surface area (Å²) in [5, 5.41) is 11.1. The summed E-state index contributed by atoms with van der Waals surface area (Å²) in [6.45, 7) is 0.716. The minimum Gasteiger partial charge on any atom is -0.330 e. The second-order valence-corrected chi connectivity index (χ2v) is 8.46. The average Bonchev–Trinajstić information content (AvgIpc) is 3.07. The van der Waals surface area contributed by atoms with Crippen LogP contribution in [0.5, 0.6) is 0 Å². The molecule has 2 aromatic rings. The van der Waals surface area contributed by atoms with Gasteiger partial charge in [0.1, 0.15) is 0 Å². The van der Waals surface area contributed by atoms with Gasteiger partial charge in [0.05, 0.1) is 9.95 Å². The van der Waals surface area contributed by atoms with Crippen LogP contribution in [-0.2, 0) is 10.0 Å². The van der Waals surface area contributed by atoms with Gasteiger partial charge in [0, 0.05) is 25.1 Å². The van der Waals surface area contributed by atoms with Crippen LogP contribution in [0.2, 0.25) is 5.02 Å². The number of benzene rings is 2. The van der Waals surface area contributed by atoms with E-state index in [2.05, 4.69) is 0 Å². The van der Waals surface area contributed by atoms with Crippen LogP contribution in [0, 0.1) is 16.0 Å². The maximum atomic E-state index is 13.1. The maximum Gasteiger partial charge on any atom is 0.290 e. The number of nitrogens with two attached hydrogens (primary N) is 1. The topological polar surface area (TPSA) is 107 Å². The van der Waals surface area contributed by atoms with E-state index in [0.717, 1.165) is 11.6 Å². The Labute approximate surface area is 156 Å². The number of sulfonamides is 1. The van der Waals surface area contributed by atoms with Crippen LogP contribution in [0.15, 0.2) is 53.4 Å². The largest absolute Gasteiger partial charge is 0.330 e. The van der Waals surface area contributed by atoms with E-state index in [4.69, 9.17) is 17.3 Å². The van der Waals surface area contributed by atoms with E-state index in [1.807, 2.05) is 30.3 Å². The predicted molar refractivity (Wildman–Crippen MR) is 98.6 cm³/mol. The molecule has 1 aliphatic heterocycles. The lowest BCUT2D eigenvalue weighted by Gasteiger charge is -2.17. The lowest BCUT2D eigenvalue weighted by molar-refractivity contribution is -0.387. The molecule has 9 heteroatoms. The number of hydrogen-bond donors (Lipinski definition) is 1. The molecular weight excluding hydrogens is 378 g/mol. The Balaban J connectivity index is 2.01. The van der Waals surface area contributed by atoms with Crippen LogP contribution >= 0.6 is 11.6 Å². The first-order chi connectivity index (χ1) is 12.4. The van der Waals surface area contributed by atoms with Gasteiger partial charge in [0.15, 0.2) is 4.90 Å². The van der Waals surface area contributed by atoms with E-state index in [9.17, 15) is 18.5 Å². The maximum absolute atomic E-state index is 13.1. The number of hydrogen-bond acceptors (Lipinski definition) is 5. The summed E-state index contributed by atoms with van der Waals surface area (Å²) in [5.41, 5.74) is 6.33. The zero-order valence-electron chi connectivity index (χ0n) is 13.8. The SMILES string of the molecule is NC[C@@H]1CN(S(=O)(=O)c2c(Cl)cccc2[N+](=O)[O-])C[C@H]1c1ccccc1. The second-order valence-electron chi connectivity index (χ2n) is 6.18. The van der Waals surface area contributed by atoms with Gasteiger partial charge < -0.3 is 5.73 Å². The van der Waals surface area contributed by atoms with Crippen LogP contribution in [0.25, 0.3) is 0 Å². The molecule has 138 valence electrons. The van der Waals surface area contributed by atoms with Crippen molar-refractivity contribution < 1.29 is 13.3 Å². The molecule has 0 spiro atoms. The molecule has 7 nitrogen and oxygen atoms in total. The van der Waals surface area contributed by atoms with E-state index in [0.29, 0.717) is 6.54 Å². The number of nitrogens with zero attached hydrogens (tertiary/aromatic N) is 2. The molecule has 0 aliphatic carbocycles. The Morgan fingerprint density at radius 1 is 1.15 bits per heavy atom. The van der Waals surface area contributed by atoms with Crippen molar-refractivity contribution in [2.75, 3.05) is 19.6 Å². The van der Waals surface area contributed by atoms with Crippen LogP contribution in [0.1, 0.15) is 11.5 Å². The van der Waals surface area contributed by atoms with Gasteiger partial charge in [-0.2, -0.15) is 4.31 Å². The monoisotopic (exact) mass is 395 g/mol. The number of nitro benzene ring substituents is 1. The van der Waals surface area contributed by atoms with Crippen molar-refractivity contribution in [1.29, 1.82) is 0 Å². The lowest BCUT2D eigenvalue weighted by Crippen LogP contribution is -2.30. The van der Waals surface area contributed by atoms with Gasteiger partial charge in [-0.3, -0.25) is 10.1 Å². The third kappa shape index (κ3) is 3.33. The van der Waals surface area contributed by atoms with Gasteiger partial charge in [-0.25, -0.2) is 8.42 Å². The van der Waals surface area contributed by atoms with Crippen LogP contribution < -0.4 is 5.73 Å². The Kier molecular flexibility index (Phi) is 5.29. The molecule has 1 fully saturated rings. The first-order valence-corrected chi connectivity index (χ1v) is 9.86. The molecule has 0 radical (unpaired) electrons. The van der Waals surface area contributed by atoms with E-state index in [1.165, 1.54) is 16.4 Å². The molecule has 2 N–H and O–H groups in total. The molecule has 0 aromatic heterocycles. The molecule has 2 aromatic carbocycles. The predicted octanol–water partition coefficient (Wildman–Crippen LogP) is 2.61. The first-order valence-electron chi connectivity index (χ1n) is 8.04. The van der Waals surface area contributed by atoms with E-state index in [-0.39, 0.29) is 29.9 Å². The van der Waals surface area contributed by atoms with Crippen molar-refractivity contribution in [3.05, 3.63) is 69.2 Å². The van der Waals surface area contributed by atoms with Crippen molar-refractivity contribution in [2.45, 2.75) is 10.8 Å². The third-order valence-corrected chi connectivity index (χ3v) is 7.03.